The summed E-state index contributed by atoms with van der Waals surface area (Å²) >= 11 is 5.87. The lowest BCUT2D eigenvalue weighted by molar-refractivity contribution is -0.126. The first kappa shape index (κ1) is 14.9. The highest BCUT2D eigenvalue weighted by atomic mass is 35.5. The summed E-state index contributed by atoms with van der Waals surface area (Å²) in [5, 5.41) is 8.77. The summed E-state index contributed by atoms with van der Waals surface area (Å²) < 4.78 is 1.64. The number of hydrogen-bond donors (Lipinski definition) is 0. The van der Waals surface area contributed by atoms with Gasteiger partial charge in [0.1, 0.15) is 11.6 Å². The van der Waals surface area contributed by atoms with Crippen molar-refractivity contribution in [2.75, 3.05) is 4.90 Å². The molecule has 7 nitrogen and oxygen atoms in total. The van der Waals surface area contributed by atoms with Crippen LogP contribution in [0.1, 0.15) is 11.3 Å². The lowest BCUT2D eigenvalue weighted by Crippen LogP contribution is -2.33. The number of aromatic nitrogens is 2. The van der Waals surface area contributed by atoms with Gasteiger partial charge in [0, 0.05) is 23.8 Å². The Morgan fingerprint density at radius 3 is 2.50 bits per heavy atom. The fraction of sp³-hybridized carbons (Fsp3) is 0.250. The number of anilines is 1. The van der Waals surface area contributed by atoms with Crippen molar-refractivity contribution in [1.82, 2.24) is 9.78 Å². The molecule has 1 fully saturated rings. The molecular weight excluding hydrogens is 332 g/mol. The lowest BCUT2D eigenvalue weighted by Gasteiger charge is -2.15. The average molecular weight is 345 g/mol. The Kier molecular flexibility index (Phi) is 3.21. The van der Waals surface area contributed by atoms with Gasteiger partial charge in [-0.1, -0.05) is 16.8 Å². The molecule has 1 aromatic heterocycles. The first-order valence-corrected chi connectivity index (χ1v) is 7.73. The smallest absolute Gasteiger partial charge is 0.278 e. The van der Waals surface area contributed by atoms with E-state index in [2.05, 4.69) is 10.3 Å². The molecule has 4 rings (SSSR count). The number of benzene rings is 1. The van der Waals surface area contributed by atoms with Crippen LogP contribution in [0.2, 0.25) is 5.02 Å². The molecule has 0 radical (unpaired) electrons. The van der Waals surface area contributed by atoms with Gasteiger partial charge in [-0.3, -0.25) is 14.3 Å². The molecule has 0 bridgehead atoms. The van der Waals surface area contributed by atoms with Crippen LogP contribution in [0.4, 0.5) is 5.69 Å². The van der Waals surface area contributed by atoms with E-state index < -0.39 is 17.9 Å². The van der Waals surface area contributed by atoms with Crippen LogP contribution in [0.25, 0.3) is 0 Å². The number of hydrogen-bond acceptors (Lipinski definition) is 5. The Morgan fingerprint density at radius 2 is 1.88 bits per heavy atom. The standard InChI is InChI=1S/C16H13ClN4O3/c1-8-11(7-20(2)18-8)13-12-14(24-19-13)16(23)21(15(12)22)10-5-3-9(17)4-6-10/h3-7,12,14H,1-2H3/t12-,14+/m1/s1. The highest BCUT2D eigenvalue weighted by molar-refractivity contribution is 6.33. The second kappa shape index (κ2) is 5.17. The van der Waals surface area contributed by atoms with Gasteiger partial charge in [0.05, 0.1) is 11.4 Å². The molecule has 2 aliphatic rings. The SMILES string of the molecule is Cc1nn(C)cc1C1=NO[C@@H]2C(=O)N(c3ccc(Cl)cc3)C(=O)[C@H]12. The number of carbonyl (C=O) groups is 2. The summed E-state index contributed by atoms with van der Waals surface area (Å²) in [5.41, 5.74) is 2.35. The number of imide groups is 1. The minimum Gasteiger partial charge on any atom is -0.381 e. The highest BCUT2D eigenvalue weighted by Gasteiger charge is 2.56. The van der Waals surface area contributed by atoms with E-state index in [-0.39, 0.29) is 5.91 Å². The van der Waals surface area contributed by atoms with E-state index in [9.17, 15) is 9.59 Å². The van der Waals surface area contributed by atoms with Gasteiger partial charge >= 0.3 is 0 Å². The predicted octanol–water partition coefficient (Wildman–Crippen LogP) is 1.67. The molecular formula is C16H13ClN4O3. The summed E-state index contributed by atoms with van der Waals surface area (Å²) in [6.07, 6.45) is 0.839. The van der Waals surface area contributed by atoms with Crippen molar-refractivity contribution >= 4 is 34.8 Å². The Morgan fingerprint density at radius 1 is 1.17 bits per heavy atom. The molecule has 0 spiro atoms. The lowest BCUT2D eigenvalue weighted by atomic mass is 9.94. The van der Waals surface area contributed by atoms with Crippen LogP contribution < -0.4 is 4.90 Å². The normalized spacial score (nSPS) is 22.6. The third kappa shape index (κ3) is 2.05. The molecule has 2 amide bonds. The zero-order chi connectivity index (χ0) is 17.0. The van der Waals surface area contributed by atoms with Crippen molar-refractivity contribution in [2.24, 2.45) is 18.1 Å². The fourth-order valence-electron chi connectivity index (χ4n) is 3.10. The average Bonchev–Trinajstić information content (AvgIpc) is 3.17. The monoisotopic (exact) mass is 344 g/mol. The van der Waals surface area contributed by atoms with Gasteiger partial charge in [-0.25, -0.2) is 4.90 Å². The molecule has 3 heterocycles. The number of halogens is 1. The van der Waals surface area contributed by atoms with E-state index in [0.29, 0.717) is 22.0 Å². The maximum Gasteiger partial charge on any atom is 0.278 e. The molecule has 2 aliphatic heterocycles. The van der Waals surface area contributed by atoms with Crippen molar-refractivity contribution in [3.63, 3.8) is 0 Å². The minimum atomic E-state index is -0.928. The molecule has 122 valence electrons. The van der Waals surface area contributed by atoms with E-state index >= 15 is 0 Å². The van der Waals surface area contributed by atoms with Gasteiger partial charge in [0.15, 0.2) is 0 Å². The number of amides is 2. The summed E-state index contributed by atoms with van der Waals surface area (Å²) in [6, 6.07) is 6.52. The van der Waals surface area contributed by atoms with Gasteiger partial charge in [-0.2, -0.15) is 5.10 Å². The second-order valence-electron chi connectivity index (χ2n) is 5.77. The van der Waals surface area contributed by atoms with Crippen LogP contribution in [0.5, 0.6) is 0 Å². The van der Waals surface area contributed by atoms with E-state index in [1.54, 1.807) is 42.2 Å². The molecule has 0 N–H and O–H groups in total. The zero-order valence-electron chi connectivity index (χ0n) is 12.9. The molecule has 8 heteroatoms. The van der Waals surface area contributed by atoms with Crippen molar-refractivity contribution in [3.05, 3.63) is 46.7 Å². The van der Waals surface area contributed by atoms with Gasteiger partial charge < -0.3 is 4.84 Å². The summed E-state index contributed by atoms with van der Waals surface area (Å²) in [6.45, 7) is 1.82. The Balaban J connectivity index is 1.72. The number of rotatable bonds is 2. The van der Waals surface area contributed by atoms with E-state index in [0.717, 1.165) is 10.6 Å². The Labute approximate surface area is 142 Å². The predicted molar refractivity (Wildman–Crippen MR) is 86.8 cm³/mol. The zero-order valence-corrected chi connectivity index (χ0v) is 13.7. The van der Waals surface area contributed by atoms with E-state index in [1.807, 2.05) is 6.92 Å². The topological polar surface area (TPSA) is 76.8 Å². The molecule has 2 aromatic rings. The molecule has 1 saturated heterocycles. The van der Waals surface area contributed by atoms with E-state index in [1.165, 1.54) is 0 Å². The van der Waals surface area contributed by atoms with Gasteiger partial charge in [0.25, 0.3) is 5.91 Å². The van der Waals surface area contributed by atoms with Crippen LogP contribution in [-0.2, 0) is 21.5 Å². The van der Waals surface area contributed by atoms with Crippen molar-refractivity contribution in [2.45, 2.75) is 13.0 Å². The quantitative estimate of drug-likeness (QED) is 0.777. The Bertz CT molecular complexity index is 887. The second-order valence-corrected chi connectivity index (χ2v) is 6.21. The van der Waals surface area contributed by atoms with Crippen molar-refractivity contribution in [3.8, 4) is 0 Å². The number of aryl methyl sites for hydroxylation is 2. The number of carbonyl (C=O) groups excluding carboxylic acids is 2. The van der Waals surface area contributed by atoms with Crippen LogP contribution in [0.15, 0.2) is 35.6 Å². The van der Waals surface area contributed by atoms with Crippen molar-refractivity contribution < 1.29 is 14.4 Å². The highest BCUT2D eigenvalue weighted by Crippen LogP contribution is 2.35. The van der Waals surface area contributed by atoms with Crippen LogP contribution >= 0.6 is 11.6 Å². The molecule has 1 aromatic carbocycles. The molecule has 0 unspecified atom stereocenters. The minimum absolute atomic E-state index is 0.355. The number of oxime groups is 1. The molecule has 0 aliphatic carbocycles. The van der Waals surface area contributed by atoms with Crippen molar-refractivity contribution in [1.29, 1.82) is 0 Å². The summed E-state index contributed by atoms with van der Waals surface area (Å²) in [5.74, 6) is -1.53. The van der Waals surface area contributed by atoms with Gasteiger partial charge in [-0.15, -0.1) is 0 Å². The Hall–Kier alpha value is -2.67. The molecule has 24 heavy (non-hydrogen) atoms. The maximum atomic E-state index is 12.9. The van der Waals surface area contributed by atoms with Crippen LogP contribution in [-0.4, -0.2) is 33.4 Å². The van der Waals surface area contributed by atoms with Crippen LogP contribution in [0, 0.1) is 12.8 Å². The molecule has 0 saturated carbocycles. The summed E-state index contributed by atoms with van der Waals surface area (Å²) in [7, 11) is 1.78. The number of nitrogens with zero attached hydrogens (tertiary/aromatic N) is 4. The van der Waals surface area contributed by atoms with E-state index in [4.69, 9.17) is 16.4 Å². The first-order valence-electron chi connectivity index (χ1n) is 7.35. The molecule has 2 atom stereocenters. The third-order valence-corrected chi connectivity index (χ3v) is 4.44. The number of fused-ring (bicyclic) bond motifs is 1. The van der Waals surface area contributed by atoms with Gasteiger partial charge in [-0.05, 0) is 31.2 Å². The largest absolute Gasteiger partial charge is 0.381 e. The fourth-order valence-corrected chi connectivity index (χ4v) is 3.22. The first-order chi connectivity index (χ1) is 11.5. The van der Waals surface area contributed by atoms with Gasteiger partial charge in [0.2, 0.25) is 12.0 Å². The third-order valence-electron chi connectivity index (χ3n) is 4.19. The van der Waals surface area contributed by atoms with Crippen LogP contribution in [0.3, 0.4) is 0 Å². The maximum absolute atomic E-state index is 12.9. The summed E-state index contributed by atoms with van der Waals surface area (Å²) in [4.78, 5) is 31.9.